The van der Waals surface area contributed by atoms with Crippen molar-refractivity contribution in [3.8, 4) is 11.5 Å². The topological polar surface area (TPSA) is 80.3 Å². The van der Waals surface area contributed by atoms with Crippen molar-refractivity contribution in [1.82, 2.24) is 15.6 Å². The Balaban J connectivity index is 1.40. The highest BCUT2D eigenvalue weighted by atomic mass is 16.5. The summed E-state index contributed by atoms with van der Waals surface area (Å²) in [6.45, 7) is 4.38. The standard InChI is InChI=1S/C28H31N3O3/c1-18(2)14-19-4-6-21(7-5-19)27(32)31-23-10-8-20-9-11-24(16-22(20)15-23)34-25-12-13-30-26(17-25)28(33)29-3/h4-7,9,11-13,16-18,23H,8,10,14-15H2,1-3H3,(H,29,33)(H,31,32). The summed E-state index contributed by atoms with van der Waals surface area (Å²) < 4.78 is 6.00. The highest BCUT2D eigenvalue weighted by Gasteiger charge is 2.21. The Morgan fingerprint density at radius 2 is 1.76 bits per heavy atom. The molecule has 1 aliphatic rings. The summed E-state index contributed by atoms with van der Waals surface area (Å²) in [6, 6.07) is 17.4. The number of benzene rings is 2. The van der Waals surface area contributed by atoms with Gasteiger partial charge in [0, 0.05) is 30.9 Å². The Morgan fingerprint density at radius 1 is 1.00 bits per heavy atom. The molecule has 3 aromatic rings. The van der Waals surface area contributed by atoms with Crippen LogP contribution in [0.5, 0.6) is 11.5 Å². The summed E-state index contributed by atoms with van der Waals surface area (Å²) in [5.74, 6) is 1.54. The van der Waals surface area contributed by atoms with E-state index in [0.29, 0.717) is 28.7 Å². The molecule has 0 fully saturated rings. The number of carbonyl (C=O) groups excluding carboxylic acids is 2. The Labute approximate surface area is 200 Å². The maximum absolute atomic E-state index is 12.8. The molecular weight excluding hydrogens is 426 g/mol. The fourth-order valence-electron chi connectivity index (χ4n) is 4.32. The van der Waals surface area contributed by atoms with Crippen LogP contribution in [-0.4, -0.2) is 29.9 Å². The van der Waals surface area contributed by atoms with Crippen LogP contribution in [0, 0.1) is 5.92 Å². The Kier molecular flexibility index (Phi) is 7.26. The van der Waals surface area contributed by atoms with Crippen molar-refractivity contribution in [2.75, 3.05) is 7.05 Å². The number of carbonyl (C=O) groups is 2. The van der Waals surface area contributed by atoms with Crippen molar-refractivity contribution in [2.24, 2.45) is 5.92 Å². The second-order valence-corrected chi connectivity index (χ2v) is 9.20. The van der Waals surface area contributed by atoms with Crippen molar-refractivity contribution in [3.63, 3.8) is 0 Å². The van der Waals surface area contributed by atoms with Crippen LogP contribution < -0.4 is 15.4 Å². The first kappa shape index (κ1) is 23.5. The largest absolute Gasteiger partial charge is 0.457 e. The summed E-state index contributed by atoms with van der Waals surface area (Å²) in [5, 5.41) is 5.76. The van der Waals surface area contributed by atoms with E-state index in [1.807, 2.05) is 36.4 Å². The zero-order chi connectivity index (χ0) is 24.1. The first-order valence-electron chi connectivity index (χ1n) is 11.8. The average Bonchev–Trinajstić information content (AvgIpc) is 2.83. The molecule has 0 bridgehead atoms. The third-order valence-electron chi connectivity index (χ3n) is 6.03. The molecule has 2 amide bonds. The first-order chi connectivity index (χ1) is 16.4. The summed E-state index contributed by atoms with van der Waals surface area (Å²) in [5.41, 5.74) is 4.69. The zero-order valence-electron chi connectivity index (χ0n) is 19.9. The molecule has 1 heterocycles. The van der Waals surface area contributed by atoms with Gasteiger partial charge in [0.05, 0.1) is 0 Å². The fourth-order valence-corrected chi connectivity index (χ4v) is 4.32. The van der Waals surface area contributed by atoms with Crippen LogP contribution in [0.3, 0.4) is 0 Å². The smallest absolute Gasteiger partial charge is 0.269 e. The molecule has 1 atom stereocenters. The molecule has 1 aromatic heterocycles. The van der Waals surface area contributed by atoms with Gasteiger partial charge < -0.3 is 15.4 Å². The van der Waals surface area contributed by atoms with Gasteiger partial charge in [-0.3, -0.25) is 14.6 Å². The highest BCUT2D eigenvalue weighted by Crippen LogP contribution is 2.29. The number of ether oxygens (including phenoxy) is 1. The molecule has 1 unspecified atom stereocenters. The minimum Gasteiger partial charge on any atom is -0.457 e. The molecule has 6 heteroatoms. The molecule has 2 aromatic carbocycles. The van der Waals surface area contributed by atoms with Gasteiger partial charge in [0.25, 0.3) is 11.8 Å². The molecule has 6 nitrogen and oxygen atoms in total. The number of pyridine rings is 1. The van der Waals surface area contributed by atoms with Crippen LogP contribution in [0.2, 0.25) is 0 Å². The monoisotopic (exact) mass is 457 g/mol. The molecule has 4 rings (SSSR count). The van der Waals surface area contributed by atoms with E-state index in [4.69, 9.17) is 4.74 Å². The number of hydrogen-bond donors (Lipinski definition) is 2. The maximum Gasteiger partial charge on any atom is 0.269 e. The number of nitrogens with zero attached hydrogens (tertiary/aromatic N) is 1. The van der Waals surface area contributed by atoms with Gasteiger partial charge in [-0.15, -0.1) is 0 Å². The summed E-state index contributed by atoms with van der Waals surface area (Å²) >= 11 is 0. The van der Waals surface area contributed by atoms with Crippen LogP contribution >= 0.6 is 0 Å². The molecule has 0 spiro atoms. The predicted octanol–water partition coefficient (Wildman–Crippen LogP) is 4.72. The van der Waals surface area contributed by atoms with Crippen LogP contribution in [0.25, 0.3) is 0 Å². The lowest BCUT2D eigenvalue weighted by atomic mass is 9.88. The molecule has 0 saturated carbocycles. The molecule has 2 N–H and O–H groups in total. The third-order valence-corrected chi connectivity index (χ3v) is 6.03. The second-order valence-electron chi connectivity index (χ2n) is 9.20. The van der Waals surface area contributed by atoms with Crippen LogP contribution in [0.15, 0.2) is 60.8 Å². The molecule has 0 radical (unpaired) electrons. The number of rotatable bonds is 7. The van der Waals surface area contributed by atoms with E-state index < -0.39 is 0 Å². The molecule has 0 saturated heterocycles. The van der Waals surface area contributed by atoms with Gasteiger partial charge in [0.1, 0.15) is 17.2 Å². The molecule has 34 heavy (non-hydrogen) atoms. The van der Waals surface area contributed by atoms with E-state index in [-0.39, 0.29) is 17.9 Å². The van der Waals surface area contributed by atoms with Crippen molar-refractivity contribution in [2.45, 2.75) is 45.6 Å². The van der Waals surface area contributed by atoms with E-state index in [1.165, 1.54) is 16.7 Å². The van der Waals surface area contributed by atoms with E-state index in [2.05, 4.69) is 35.5 Å². The van der Waals surface area contributed by atoms with Crippen molar-refractivity contribution in [3.05, 3.63) is 88.7 Å². The SMILES string of the molecule is CNC(=O)c1cc(Oc2ccc3c(c2)CC(NC(=O)c2ccc(CC(C)C)cc2)CC3)ccn1. The predicted molar refractivity (Wildman–Crippen MR) is 132 cm³/mol. The number of hydrogen-bond acceptors (Lipinski definition) is 4. The van der Waals surface area contributed by atoms with Gasteiger partial charge in [-0.1, -0.05) is 32.0 Å². The molecule has 0 aliphatic heterocycles. The van der Waals surface area contributed by atoms with E-state index in [0.717, 1.165) is 25.7 Å². The van der Waals surface area contributed by atoms with Crippen LogP contribution in [0.4, 0.5) is 0 Å². The lowest BCUT2D eigenvalue weighted by molar-refractivity contribution is 0.0931. The fraction of sp³-hybridized carbons (Fsp3) is 0.321. The van der Waals surface area contributed by atoms with Crippen molar-refractivity contribution >= 4 is 11.8 Å². The minimum atomic E-state index is -0.260. The van der Waals surface area contributed by atoms with Gasteiger partial charge >= 0.3 is 0 Å². The quantitative estimate of drug-likeness (QED) is 0.538. The summed E-state index contributed by atoms with van der Waals surface area (Å²) in [7, 11) is 1.57. The first-order valence-corrected chi connectivity index (χ1v) is 11.8. The average molecular weight is 458 g/mol. The van der Waals surface area contributed by atoms with Gasteiger partial charge in [-0.05, 0) is 78.6 Å². The normalized spacial score (nSPS) is 14.9. The molecule has 1 aliphatic carbocycles. The molecule has 176 valence electrons. The third kappa shape index (κ3) is 5.81. The number of nitrogens with one attached hydrogen (secondary N) is 2. The number of aromatic nitrogens is 1. The lowest BCUT2D eigenvalue weighted by Gasteiger charge is -2.26. The van der Waals surface area contributed by atoms with E-state index in [1.54, 1.807) is 25.4 Å². The van der Waals surface area contributed by atoms with Gasteiger partial charge in [0.15, 0.2) is 0 Å². The van der Waals surface area contributed by atoms with Gasteiger partial charge in [-0.2, -0.15) is 0 Å². The number of fused-ring (bicyclic) bond motifs is 1. The summed E-state index contributed by atoms with van der Waals surface area (Å²) in [4.78, 5) is 28.7. The van der Waals surface area contributed by atoms with E-state index in [9.17, 15) is 9.59 Å². The highest BCUT2D eigenvalue weighted by molar-refractivity contribution is 5.94. The van der Waals surface area contributed by atoms with Crippen LogP contribution in [0.1, 0.15) is 57.8 Å². The zero-order valence-corrected chi connectivity index (χ0v) is 19.9. The van der Waals surface area contributed by atoms with Crippen molar-refractivity contribution < 1.29 is 14.3 Å². The molecular formula is C28H31N3O3. The van der Waals surface area contributed by atoms with Gasteiger partial charge in [0.2, 0.25) is 0 Å². The summed E-state index contributed by atoms with van der Waals surface area (Å²) in [6.07, 6.45) is 5.13. The minimum absolute atomic E-state index is 0.0320. The number of aryl methyl sites for hydroxylation is 1. The van der Waals surface area contributed by atoms with Gasteiger partial charge in [-0.25, -0.2) is 0 Å². The van der Waals surface area contributed by atoms with Crippen molar-refractivity contribution in [1.29, 1.82) is 0 Å². The Bertz CT molecular complexity index is 1170. The maximum atomic E-state index is 12.8. The van der Waals surface area contributed by atoms with E-state index >= 15 is 0 Å². The lowest BCUT2D eigenvalue weighted by Crippen LogP contribution is -2.38. The Hall–Kier alpha value is -3.67. The second kappa shape index (κ2) is 10.5. The van der Waals surface area contributed by atoms with Crippen LogP contribution in [-0.2, 0) is 19.3 Å². The number of amides is 2. The Morgan fingerprint density at radius 3 is 2.50 bits per heavy atom.